The topological polar surface area (TPSA) is 84.5 Å². The molecule has 0 spiro atoms. The van der Waals surface area contributed by atoms with Gasteiger partial charge in [0.05, 0.1) is 21.3 Å². The van der Waals surface area contributed by atoms with Crippen LogP contribution in [0.2, 0.25) is 15.1 Å². The van der Waals surface area contributed by atoms with E-state index in [0.29, 0.717) is 29.1 Å². The lowest BCUT2D eigenvalue weighted by Crippen LogP contribution is -2.22. The van der Waals surface area contributed by atoms with Crippen LogP contribution >= 0.6 is 34.8 Å². The van der Waals surface area contributed by atoms with Gasteiger partial charge < -0.3 is 15.4 Å². The van der Waals surface area contributed by atoms with Crippen molar-refractivity contribution >= 4 is 64.0 Å². The minimum Gasteiger partial charge on any atom is -0.452 e. The number of carbonyl (C=O) groups excluding carboxylic acids is 3. The number of ether oxygens (including phenoxy) is 1. The highest BCUT2D eigenvalue weighted by molar-refractivity contribution is 6.42. The first-order valence-corrected chi connectivity index (χ1v) is 9.01. The summed E-state index contributed by atoms with van der Waals surface area (Å²) in [6, 6.07) is 7.67. The first-order chi connectivity index (χ1) is 12.8. The van der Waals surface area contributed by atoms with E-state index < -0.39 is 18.5 Å². The summed E-state index contributed by atoms with van der Waals surface area (Å²) >= 11 is 17.8. The quantitative estimate of drug-likeness (QED) is 0.711. The number of benzene rings is 2. The van der Waals surface area contributed by atoms with Gasteiger partial charge >= 0.3 is 5.97 Å². The molecule has 0 atom stereocenters. The molecule has 9 heteroatoms. The summed E-state index contributed by atoms with van der Waals surface area (Å²) < 4.78 is 5.03. The van der Waals surface area contributed by atoms with Crippen LogP contribution in [0.1, 0.15) is 22.3 Å². The lowest BCUT2D eigenvalue weighted by molar-refractivity contribution is -0.119. The highest BCUT2D eigenvalue weighted by atomic mass is 35.5. The van der Waals surface area contributed by atoms with E-state index in [-0.39, 0.29) is 21.6 Å². The molecule has 27 heavy (non-hydrogen) atoms. The average Bonchev–Trinajstić information content (AvgIpc) is 2.62. The smallest absolute Gasteiger partial charge is 0.338 e. The first-order valence-electron chi connectivity index (χ1n) is 7.88. The maximum atomic E-state index is 12.2. The average molecular weight is 428 g/mol. The maximum Gasteiger partial charge on any atom is 0.338 e. The Hall–Kier alpha value is -2.28. The maximum absolute atomic E-state index is 12.2. The number of anilines is 2. The summed E-state index contributed by atoms with van der Waals surface area (Å²) in [7, 11) is 0. The van der Waals surface area contributed by atoms with Crippen LogP contribution in [0, 0.1) is 0 Å². The van der Waals surface area contributed by atoms with Crippen LogP contribution in [-0.2, 0) is 20.7 Å². The van der Waals surface area contributed by atoms with Gasteiger partial charge in [0, 0.05) is 17.1 Å². The molecule has 0 aromatic heterocycles. The lowest BCUT2D eigenvalue weighted by Gasteiger charge is -2.17. The fraction of sp³-hybridized carbons (Fsp3) is 0.167. The number of fused-ring (bicyclic) bond motifs is 1. The second-order valence-corrected chi connectivity index (χ2v) is 7.04. The van der Waals surface area contributed by atoms with E-state index in [1.807, 2.05) is 0 Å². The van der Waals surface area contributed by atoms with Crippen molar-refractivity contribution in [1.29, 1.82) is 0 Å². The second kappa shape index (κ2) is 8.17. The van der Waals surface area contributed by atoms with Gasteiger partial charge in [-0.2, -0.15) is 0 Å². The number of esters is 1. The molecule has 0 saturated heterocycles. The molecule has 140 valence electrons. The van der Waals surface area contributed by atoms with E-state index >= 15 is 0 Å². The zero-order valence-electron chi connectivity index (χ0n) is 13.8. The van der Waals surface area contributed by atoms with Crippen molar-refractivity contribution in [2.24, 2.45) is 0 Å². The third-order valence-corrected chi connectivity index (χ3v) is 4.66. The molecule has 1 heterocycles. The van der Waals surface area contributed by atoms with Crippen molar-refractivity contribution in [2.45, 2.75) is 12.8 Å². The molecular formula is C18H13Cl3N2O4. The van der Waals surface area contributed by atoms with Gasteiger partial charge in [0.25, 0.3) is 5.91 Å². The van der Waals surface area contributed by atoms with E-state index in [1.54, 1.807) is 12.1 Å². The Bertz CT molecular complexity index is 923. The Balaban J connectivity index is 1.61. The van der Waals surface area contributed by atoms with Crippen LogP contribution in [0.5, 0.6) is 0 Å². The zero-order chi connectivity index (χ0) is 19.6. The molecule has 2 aromatic rings. The summed E-state index contributed by atoms with van der Waals surface area (Å²) in [5, 5.41) is 5.88. The predicted octanol–water partition coefficient (Wildman–Crippen LogP) is 4.33. The molecule has 1 aliphatic rings. The number of rotatable bonds is 4. The van der Waals surface area contributed by atoms with E-state index in [9.17, 15) is 14.4 Å². The van der Waals surface area contributed by atoms with Gasteiger partial charge in [0.1, 0.15) is 0 Å². The van der Waals surface area contributed by atoms with Gasteiger partial charge in [0.2, 0.25) is 5.91 Å². The van der Waals surface area contributed by atoms with E-state index in [1.165, 1.54) is 18.2 Å². The molecule has 0 radical (unpaired) electrons. The molecule has 6 nitrogen and oxygen atoms in total. The van der Waals surface area contributed by atoms with Crippen LogP contribution in [-0.4, -0.2) is 24.4 Å². The van der Waals surface area contributed by atoms with Crippen LogP contribution in [0.3, 0.4) is 0 Å². The van der Waals surface area contributed by atoms with Gasteiger partial charge in [-0.15, -0.1) is 0 Å². The molecule has 0 unspecified atom stereocenters. The summed E-state index contributed by atoms with van der Waals surface area (Å²) in [6.07, 6.45) is 0.896. The number of amides is 2. The van der Waals surface area contributed by atoms with Crippen LogP contribution in [0.25, 0.3) is 0 Å². The van der Waals surface area contributed by atoms with Crippen molar-refractivity contribution in [3.63, 3.8) is 0 Å². The molecule has 2 aromatic carbocycles. The largest absolute Gasteiger partial charge is 0.452 e. The normalized spacial score (nSPS) is 12.8. The summed E-state index contributed by atoms with van der Waals surface area (Å²) in [4.78, 5) is 35.6. The van der Waals surface area contributed by atoms with Crippen molar-refractivity contribution in [1.82, 2.24) is 0 Å². The van der Waals surface area contributed by atoms with Crippen molar-refractivity contribution in [3.05, 3.63) is 56.5 Å². The Kier molecular flexibility index (Phi) is 5.89. The molecule has 0 bridgehead atoms. The molecular weight excluding hydrogens is 415 g/mol. The van der Waals surface area contributed by atoms with Crippen LogP contribution in [0.4, 0.5) is 11.4 Å². The van der Waals surface area contributed by atoms with Gasteiger partial charge in [0.15, 0.2) is 6.61 Å². The zero-order valence-corrected chi connectivity index (χ0v) is 16.0. The van der Waals surface area contributed by atoms with Gasteiger partial charge in [-0.25, -0.2) is 4.79 Å². The van der Waals surface area contributed by atoms with E-state index in [2.05, 4.69) is 10.6 Å². The molecule has 1 aliphatic heterocycles. The Morgan fingerprint density at radius 1 is 1.07 bits per heavy atom. The van der Waals surface area contributed by atoms with Crippen molar-refractivity contribution in [3.8, 4) is 0 Å². The first kappa shape index (κ1) is 19.5. The predicted molar refractivity (Wildman–Crippen MR) is 104 cm³/mol. The monoisotopic (exact) mass is 426 g/mol. The summed E-state index contributed by atoms with van der Waals surface area (Å²) in [6.45, 7) is -0.512. The fourth-order valence-corrected chi connectivity index (χ4v) is 3.47. The fourth-order valence-electron chi connectivity index (χ4n) is 2.56. The SMILES string of the molecule is O=C1CCc2cc(C(=O)OCC(=O)Nc3c(Cl)cc(Cl)cc3Cl)ccc2N1. The Morgan fingerprint density at radius 2 is 1.78 bits per heavy atom. The molecule has 0 fully saturated rings. The highest BCUT2D eigenvalue weighted by Crippen LogP contribution is 2.33. The molecule has 3 rings (SSSR count). The minimum atomic E-state index is -0.654. The highest BCUT2D eigenvalue weighted by Gasteiger charge is 2.18. The molecule has 0 saturated carbocycles. The van der Waals surface area contributed by atoms with E-state index in [4.69, 9.17) is 39.5 Å². The lowest BCUT2D eigenvalue weighted by atomic mass is 10.0. The number of hydrogen-bond donors (Lipinski definition) is 2. The van der Waals surface area contributed by atoms with Gasteiger partial charge in [-0.05, 0) is 42.3 Å². The van der Waals surface area contributed by atoms with Gasteiger partial charge in [-0.1, -0.05) is 34.8 Å². The van der Waals surface area contributed by atoms with E-state index in [0.717, 1.165) is 5.56 Å². The minimum absolute atomic E-state index is 0.0611. The van der Waals surface area contributed by atoms with Crippen LogP contribution in [0.15, 0.2) is 30.3 Å². The number of aryl methyl sites for hydroxylation is 1. The Labute approximate surface area is 169 Å². The summed E-state index contributed by atoms with van der Waals surface area (Å²) in [5.41, 5.74) is 1.99. The number of hydrogen-bond acceptors (Lipinski definition) is 4. The van der Waals surface area contributed by atoms with Crippen molar-refractivity contribution < 1.29 is 19.1 Å². The third-order valence-electron chi connectivity index (χ3n) is 3.84. The molecule has 2 N–H and O–H groups in total. The Morgan fingerprint density at radius 3 is 2.48 bits per heavy atom. The number of nitrogens with one attached hydrogen (secondary N) is 2. The third kappa shape index (κ3) is 4.71. The standard InChI is InChI=1S/C18H13Cl3N2O4/c19-11-6-12(20)17(13(21)7-11)23-16(25)8-27-18(26)10-1-3-14-9(5-10)2-4-15(24)22-14/h1,3,5-7H,2,4,8H2,(H,22,24)(H,23,25). The van der Waals surface area contributed by atoms with Crippen molar-refractivity contribution in [2.75, 3.05) is 17.2 Å². The number of carbonyl (C=O) groups is 3. The molecule has 0 aliphatic carbocycles. The molecule has 2 amide bonds. The van der Waals surface area contributed by atoms with Gasteiger partial charge in [-0.3, -0.25) is 9.59 Å². The number of halogens is 3. The van der Waals surface area contributed by atoms with Crippen LogP contribution < -0.4 is 10.6 Å². The summed E-state index contributed by atoms with van der Waals surface area (Å²) in [5.74, 6) is -1.31. The second-order valence-electron chi connectivity index (χ2n) is 5.79.